The molecule has 0 aliphatic heterocycles. The Morgan fingerprint density at radius 1 is 1.08 bits per heavy atom. The highest BCUT2D eigenvalue weighted by atomic mass is 79.9. The molecule has 0 unspecified atom stereocenters. The molecule has 8 heteroatoms. The quantitative estimate of drug-likeness (QED) is 0.223. The maximum absolute atomic E-state index is 7.18. The van der Waals surface area contributed by atoms with E-state index in [1.165, 1.54) is 18.4 Å². The number of imidazole rings is 1. The number of nitrogens with zero attached hydrogens (tertiary/aromatic N) is 5. The van der Waals surface area contributed by atoms with Gasteiger partial charge in [-0.3, -0.25) is 4.98 Å². The van der Waals surface area contributed by atoms with Crippen LogP contribution < -0.4 is 5.73 Å². The van der Waals surface area contributed by atoms with Crippen molar-refractivity contribution < 1.29 is 0 Å². The summed E-state index contributed by atoms with van der Waals surface area (Å²) in [5.41, 5.74) is 13.9. The van der Waals surface area contributed by atoms with E-state index in [0.717, 1.165) is 60.9 Å². The number of aryl methyl sites for hydroxylation is 1. The maximum Gasteiger partial charge on any atom is 0.151 e. The largest absolute Gasteiger partial charge is 0.399 e. The zero-order valence-corrected chi connectivity index (χ0v) is 23.0. The van der Waals surface area contributed by atoms with E-state index >= 15 is 0 Å². The zero-order chi connectivity index (χ0) is 25.4. The van der Waals surface area contributed by atoms with Crippen molar-refractivity contribution >= 4 is 49.8 Å². The van der Waals surface area contributed by atoms with Gasteiger partial charge in [0.25, 0.3) is 0 Å². The molecule has 0 radical (unpaired) electrons. The summed E-state index contributed by atoms with van der Waals surface area (Å²) in [4.78, 5) is 19.5. The molecule has 37 heavy (non-hydrogen) atoms. The lowest BCUT2D eigenvalue weighted by molar-refractivity contribution is 0.819. The molecule has 5 aromatic rings. The third-order valence-electron chi connectivity index (χ3n) is 7.77. The van der Waals surface area contributed by atoms with E-state index in [-0.39, 0.29) is 17.8 Å². The minimum Gasteiger partial charge on any atom is -0.399 e. The summed E-state index contributed by atoms with van der Waals surface area (Å²) in [6.07, 6.45) is 9.66. The SMILES string of the molecule is Cc1ccnc([C@H]2C[C@@H]2c2nc3cc(N)ccc3c(Cl)c2[C@@H](C)c2cn3cc(C4CC4)cc(Br)c3n2)n1. The van der Waals surface area contributed by atoms with Crippen LogP contribution in [0.3, 0.4) is 0 Å². The molecular weight excluding hydrogens is 548 g/mol. The highest BCUT2D eigenvalue weighted by Gasteiger charge is 2.45. The first kappa shape index (κ1) is 23.1. The lowest BCUT2D eigenvalue weighted by atomic mass is 9.92. The summed E-state index contributed by atoms with van der Waals surface area (Å²) < 4.78 is 3.17. The number of nitrogens with two attached hydrogens (primary N) is 1. The highest BCUT2D eigenvalue weighted by Crippen LogP contribution is 2.56. The van der Waals surface area contributed by atoms with Crippen LogP contribution in [0.5, 0.6) is 0 Å². The third kappa shape index (κ3) is 3.99. The fourth-order valence-corrected chi connectivity index (χ4v) is 6.47. The van der Waals surface area contributed by atoms with E-state index in [1.54, 1.807) is 0 Å². The molecule has 2 N–H and O–H groups in total. The first-order chi connectivity index (χ1) is 17.9. The predicted octanol–water partition coefficient (Wildman–Crippen LogP) is 7.28. The molecule has 6 nitrogen and oxygen atoms in total. The summed E-state index contributed by atoms with van der Waals surface area (Å²) in [6.45, 7) is 4.17. The minimum absolute atomic E-state index is 0.0483. The van der Waals surface area contributed by atoms with Crippen molar-refractivity contribution in [1.82, 2.24) is 24.3 Å². The number of aromatic nitrogens is 5. The molecule has 0 bridgehead atoms. The normalized spacial score (nSPS) is 20.0. The number of pyridine rings is 2. The van der Waals surface area contributed by atoms with Gasteiger partial charge >= 0.3 is 0 Å². The van der Waals surface area contributed by atoms with Gasteiger partial charge < -0.3 is 10.1 Å². The van der Waals surface area contributed by atoms with Gasteiger partial charge in [-0.25, -0.2) is 15.0 Å². The Morgan fingerprint density at radius 2 is 1.92 bits per heavy atom. The number of nitrogen functional groups attached to an aromatic ring is 1. The van der Waals surface area contributed by atoms with E-state index in [9.17, 15) is 0 Å². The molecule has 0 spiro atoms. The zero-order valence-electron chi connectivity index (χ0n) is 20.6. The van der Waals surface area contributed by atoms with Crippen molar-refractivity contribution in [3.05, 3.63) is 92.5 Å². The topological polar surface area (TPSA) is 82.0 Å². The van der Waals surface area contributed by atoms with Gasteiger partial charge in [-0.15, -0.1) is 0 Å². The second-order valence-corrected chi connectivity index (χ2v) is 11.8. The number of rotatable bonds is 5. The van der Waals surface area contributed by atoms with Crippen LogP contribution in [0.15, 0.2) is 53.4 Å². The predicted molar refractivity (Wildman–Crippen MR) is 150 cm³/mol. The van der Waals surface area contributed by atoms with Crippen molar-refractivity contribution in [3.63, 3.8) is 0 Å². The van der Waals surface area contributed by atoms with Gasteiger partial charge in [0, 0.05) is 58.7 Å². The van der Waals surface area contributed by atoms with Crippen LogP contribution in [-0.2, 0) is 0 Å². The molecule has 2 aliphatic carbocycles. The maximum atomic E-state index is 7.18. The molecule has 1 aromatic carbocycles. The summed E-state index contributed by atoms with van der Waals surface area (Å²) in [7, 11) is 0. The van der Waals surface area contributed by atoms with Gasteiger partial charge in [0.1, 0.15) is 5.82 Å². The molecule has 3 atom stereocenters. The highest BCUT2D eigenvalue weighted by molar-refractivity contribution is 9.10. The Hall–Kier alpha value is -3.03. The van der Waals surface area contributed by atoms with E-state index < -0.39 is 0 Å². The molecule has 0 amide bonds. The molecule has 4 heterocycles. The number of benzene rings is 1. The van der Waals surface area contributed by atoms with E-state index in [4.69, 9.17) is 32.3 Å². The molecule has 2 aliphatic rings. The summed E-state index contributed by atoms with van der Waals surface area (Å²) in [6, 6.07) is 9.90. The molecule has 2 saturated carbocycles. The van der Waals surface area contributed by atoms with E-state index in [1.807, 2.05) is 37.4 Å². The van der Waals surface area contributed by atoms with Crippen LogP contribution in [0, 0.1) is 6.92 Å². The Kier molecular flexibility index (Phi) is 5.31. The minimum atomic E-state index is -0.0483. The van der Waals surface area contributed by atoms with Gasteiger partial charge in [0.2, 0.25) is 0 Å². The summed E-state index contributed by atoms with van der Waals surface area (Å²) in [5, 5.41) is 1.63. The summed E-state index contributed by atoms with van der Waals surface area (Å²) in [5.74, 6) is 1.92. The average molecular weight is 574 g/mol. The first-order valence-corrected chi connectivity index (χ1v) is 13.9. The fourth-order valence-electron chi connectivity index (χ4n) is 5.49. The average Bonchev–Trinajstić information content (AvgIpc) is 3.80. The van der Waals surface area contributed by atoms with Gasteiger partial charge in [-0.2, -0.15) is 0 Å². The van der Waals surface area contributed by atoms with Crippen LogP contribution in [0.2, 0.25) is 5.02 Å². The van der Waals surface area contributed by atoms with Gasteiger partial charge in [-0.1, -0.05) is 18.5 Å². The monoisotopic (exact) mass is 572 g/mol. The number of fused-ring (bicyclic) bond motifs is 2. The number of hydrogen-bond acceptors (Lipinski definition) is 5. The Bertz CT molecular complexity index is 1710. The van der Waals surface area contributed by atoms with Crippen LogP contribution in [0.25, 0.3) is 16.6 Å². The lowest BCUT2D eigenvalue weighted by Gasteiger charge is -2.18. The van der Waals surface area contributed by atoms with Crippen molar-refractivity contribution in [3.8, 4) is 0 Å². The van der Waals surface area contributed by atoms with E-state index in [2.05, 4.69) is 50.7 Å². The first-order valence-electron chi connectivity index (χ1n) is 12.7. The third-order valence-corrected chi connectivity index (χ3v) is 8.76. The fraction of sp³-hybridized carbons (Fsp3) is 0.310. The smallest absolute Gasteiger partial charge is 0.151 e. The molecule has 0 saturated heterocycles. The second-order valence-electron chi connectivity index (χ2n) is 10.5. The lowest BCUT2D eigenvalue weighted by Crippen LogP contribution is -2.07. The van der Waals surface area contributed by atoms with Crippen LogP contribution in [0.4, 0.5) is 5.69 Å². The molecule has 2 fully saturated rings. The molecular formula is C29H26BrClN6. The number of halogens is 2. The number of hydrogen-bond donors (Lipinski definition) is 1. The van der Waals surface area contributed by atoms with Crippen LogP contribution in [0.1, 0.15) is 83.9 Å². The second kappa shape index (κ2) is 8.50. The number of anilines is 1. The summed E-state index contributed by atoms with van der Waals surface area (Å²) >= 11 is 10.9. The molecule has 186 valence electrons. The molecule has 7 rings (SSSR count). The Balaban J connectivity index is 1.36. The Morgan fingerprint density at radius 3 is 2.70 bits per heavy atom. The van der Waals surface area contributed by atoms with Crippen LogP contribution >= 0.6 is 27.5 Å². The van der Waals surface area contributed by atoms with Crippen molar-refractivity contribution in [2.24, 2.45) is 0 Å². The van der Waals surface area contributed by atoms with Crippen molar-refractivity contribution in [2.45, 2.75) is 56.8 Å². The standard InChI is InChI=1S/C29H26BrClN6/c1-14-7-8-33-28(34-14)21-11-20(21)27-25(26(31)19-6-5-18(32)10-23(19)35-27)15(2)24-13-37-12-17(16-3-4-16)9-22(30)29(37)36-24/h5-10,12-13,15-16,20-21H,3-4,11,32H2,1-2H3/t15-,20-,21-/m0/s1. The van der Waals surface area contributed by atoms with Crippen LogP contribution in [-0.4, -0.2) is 24.3 Å². The van der Waals surface area contributed by atoms with Crippen molar-refractivity contribution in [2.75, 3.05) is 5.73 Å². The van der Waals surface area contributed by atoms with Crippen molar-refractivity contribution in [1.29, 1.82) is 0 Å². The van der Waals surface area contributed by atoms with E-state index in [0.29, 0.717) is 11.6 Å². The van der Waals surface area contributed by atoms with Gasteiger partial charge in [0.15, 0.2) is 5.65 Å². The Labute approximate surface area is 228 Å². The van der Waals surface area contributed by atoms with Gasteiger partial charge in [-0.05, 0) is 83.9 Å². The molecule has 4 aromatic heterocycles. The van der Waals surface area contributed by atoms with Gasteiger partial charge in [0.05, 0.1) is 26.4 Å².